The number of nitrogens with zero attached hydrogens (tertiary/aromatic N) is 2. The molecule has 3 aromatic rings. The predicted octanol–water partition coefficient (Wildman–Crippen LogP) is 2.35. The van der Waals surface area contributed by atoms with Gasteiger partial charge in [-0.2, -0.15) is 0 Å². The van der Waals surface area contributed by atoms with Crippen LogP contribution in [0.5, 0.6) is 0 Å². The minimum absolute atomic E-state index is 0.0742. The zero-order valence-corrected chi connectivity index (χ0v) is 11.0. The van der Waals surface area contributed by atoms with E-state index in [2.05, 4.69) is 4.98 Å². The lowest BCUT2D eigenvalue weighted by Gasteiger charge is -2.01. The third-order valence-electron chi connectivity index (χ3n) is 2.76. The van der Waals surface area contributed by atoms with Crippen molar-refractivity contribution in [1.82, 2.24) is 9.55 Å². The van der Waals surface area contributed by atoms with Gasteiger partial charge in [0.05, 0.1) is 11.1 Å². The van der Waals surface area contributed by atoms with Gasteiger partial charge in [0.2, 0.25) is 0 Å². The van der Waals surface area contributed by atoms with Gasteiger partial charge in [0.1, 0.15) is 5.69 Å². The molecule has 3 heterocycles. The number of pyridine rings is 1. The van der Waals surface area contributed by atoms with Gasteiger partial charge in [-0.05, 0) is 18.2 Å². The average molecular weight is 273 g/mol. The first kappa shape index (κ1) is 11.7. The molecule has 0 amide bonds. The van der Waals surface area contributed by atoms with Crippen LogP contribution in [-0.2, 0) is 7.05 Å². The van der Waals surface area contributed by atoms with Crippen molar-refractivity contribution < 1.29 is 4.42 Å². The molecule has 0 spiro atoms. The molecule has 0 aliphatic rings. The molecule has 0 saturated heterocycles. The second kappa shape index (κ2) is 4.40. The molecule has 0 bridgehead atoms. The summed E-state index contributed by atoms with van der Waals surface area (Å²) in [4.78, 5) is 16.8. The van der Waals surface area contributed by atoms with Crippen LogP contribution in [0.4, 0.5) is 5.13 Å². The van der Waals surface area contributed by atoms with Crippen LogP contribution in [0.25, 0.3) is 21.9 Å². The number of furan rings is 1. The van der Waals surface area contributed by atoms with Crippen LogP contribution in [0.3, 0.4) is 0 Å². The standard InChI is InChI=1S/C13H11N3O2S/c1-16-5-4-8(7-10(16)17)12-11(15-13(14)19-12)9-3-2-6-18-9/h2-7H,1H3,(H2,14,15). The maximum Gasteiger partial charge on any atom is 0.250 e. The smallest absolute Gasteiger partial charge is 0.250 e. The quantitative estimate of drug-likeness (QED) is 0.777. The van der Waals surface area contributed by atoms with Crippen molar-refractivity contribution in [2.75, 3.05) is 5.73 Å². The highest BCUT2D eigenvalue weighted by Gasteiger charge is 2.16. The topological polar surface area (TPSA) is 74.1 Å². The average Bonchev–Trinajstić information content (AvgIpc) is 3.01. The van der Waals surface area contributed by atoms with E-state index in [0.717, 1.165) is 10.4 Å². The first-order valence-electron chi connectivity index (χ1n) is 5.62. The Morgan fingerprint density at radius 1 is 1.42 bits per heavy atom. The molecule has 0 aliphatic carbocycles. The summed E-state index contributed by atoms with van der Waals surface area (Å²) in [6.07, 6.45) is 3.30. The van der Waals surface area contributed by atoms with Gasteiger partial charge in [-0.15, -0.1) is 0 Å². The number of aryl methyl sites for hydroxylation is 1. The minimum atomic E-state index is -0.0742. The SMILES string of the molecule is Cn1ccc(-c2sc(N)nc2-c2ccco2)cc1=O. The lowest BCUT2D eigenvalue weighted by molar-refractivity contribution is 0.581. The van der Waals surface area contributed by atoms with Crippen LogP contribution < -0.4 is 11.3 Å². The third-order valence-corrected chi connectivity index (χ3v) is 3.70. The number of nitrogens with two attached hydrogens (primary N) is 1. The molecule has 3 rings (SSSR count). The monoisotopic (exact) mass is 273 g/mol. The van der Waals surface area contributed by atoms with Crippen molar-refractivity contribution in [3.05, 3.63) is 47.1 Å². The van der Waals surface area contributed by atoms with E-state index in [9.17, 15) is 4.79 Å². The zero-order valence-electron chi connectivity index (χ0n) is 10.2. The van der Waals surface area contributed by atoms with E-state index < -0.39 is 0 Å². The largest absolute Gasteiger partial charge is 0.463 e. The minimum Gasteiger partial charge on any atom is -0.463 e. The number of nitrogen functional groups attached to an aromatic ring is 1. The summed E-state index contributed by atoms with van der Waals surface area (Å²) in [6.45, 7) is 0. The summed E-state index contributed by atoms with van der Waals surface area (Å²) >= 11 is 1.34. The predicted molar refractivity (Wildman–Crippen MR) is 74.9 cm³/mol. The second-order valence-electron chi connectivity index (χ2n) is 4.07. The van der Waals surface area contributed by atoms with E-state index in [1.54, 1.807) is 31.6 Å². The lowest BCUT2D eigenvalue weighted by atomic mass is 10.1. The maximum absolute atomic E-state index is 11.7. The van der Waals surface area contributed by atoms with E-state index in [0.29, 0.717) is 16.6 Å². The van der Waals surface area contributed by atoms with Gasteiger partial charge in [0.15, 0.2) is 10.9 Å². The number of hydrogen-bond donors (Lipinski definition) is 1. The number of rotatable bonds is 2. The third kappa shape index (κ3) is 2.06. The molecule has 0 aromatic carbocycles. The molecule has 19 heavy (non-hydrogen) atoms. The summed E-state index contributed by atoms with van der Waals surface area (Å²) in [5, 5.41) is 0.446. The van der Waals surface area contributed by atoms with Gasteiger partial charge in [0, 0.05) is 24.9 Å². The molecule has 0 saturated carbocycles. The highest BCUT2D eigenvalue weighted by atomic mass is 32.1. The van der Waals surface area contributed by atoms with Crippen LogP contribution >= 0.6 is 11.3 Å². The molecule has 5 nitrogen and oxygen atoms in total. The van der Waals surface area contributed by atoms with Gasteiger partial charge in [0.25, 0.3) is 5.56 Å². The van der Waals surface area contributed by atoms with Crippen LogP contribution in [0.15, 0.2) is 45.9 Å². The number of aromatic nitrogens is 2. The normalized spacial score (nSPS) is 10.8. The van der Waals surface area contributed by atoms with E-state index in [1.807, 2.05) is 12.1 Å². The molecule has 3 aromatic heterocycles. The maximum atomic E-state index is 11.7. The Bertz CT molecular complexity index is 772. The fourth-order valence-electron chi connectivity index (χ4n) is 1.80. The van der Waals surface area contributed by atoms with E-state index in [-0.39, 0.29) is 5.56 Å². The molecule has 2 N–H and O–H groups in total. The molecule has 0 atom stereocenters. The number of anilines is 1. The van der Waals surface area contributed by atoms with E-state index >= 15 is 0 Å². The highest BCUT2D eigenvalue weighted by Crippen LogP contribution is 2.37. The highest BCUT2D eigenvalue weighted by molar-refractivity contribution is 7.19. The molecule has 0 radical (unpaired) electrons. The van der Waals surface area contributed by atoms with Crippen molar-refractivity contribution >= 4 is 16.5 Å². The fourth-order valence-corrected chi connectivity index (χ4v) is 2.64. The summed E-state index contributed by atoms with van der Waals surface area (Å²) in [5.41, 5.74) is 7.16. The molecular weight excluding hydrogens is 262 g/mol. The summed E-state index contributed by atoms with van der Waals surface area (Å²) in [7, 11) is 1.71. The first-order chi connectivity index (χ1) is 9.15. The first-order valence-corrected chi connectivity index (χ1v) is 6.44. The Balaban J connectivity index is 2.20. The molecule has 6 heteroatoms. The Labute approximate surface area is 112 Å². The summed E-state index contributed by atoms with van der Waals surface area (Å²) in [5.74, 6) is 0.642. The Morgan fingerprint density at radius 2 is 2.26 bits per heavy atom. The molecule has 0 fully saturated rings. The van der Waals surface area contributed by atoms with Gasteiger partial charge < -0.3 is 14.7 Å². The Morgan fingerprint density at radius 3 is 2.95 bits per heavy atom. The molecule has 0 aliphatic heterocycles. The number of thiazole rings is 1. The van der Waals surface area contributed by atoms with Gasteiger partial charge >= 0.3 is 0 Å². The van der Waals surface area contributed by atoms with Crippen molar-refractivity contribution in [2.24, 2.45) is 7.05 Å². The lowest BCUT2D eigenvalue weighted by Crippen LogP contribution is -2.13. The van der Waals surface area contributed by atoms with Crippen LogP contribution in [0, 0.1) is 0 Å². The van der Waals surface area contributed by atoms with Gasteiger partial charge in [-0.1, -0.05) is 11.3 Å². The van der Waals surface area contributed by atoms with Gasteiger partial charge in [-0.25, -0.2) is 4.98 Å². The second-order valence-corrected chi connectivity index (χ2v) is 5.10. The number of hydrogen-bond acceptors (Lipinski definition) is 5. The molecular formula is C13H11N3O2S. The van der Waals surface area contributed by atoms with Crippen LogP contribution in [-0.4, -0.2) is 9.55 Å². The van der Waals surface area contributed by atoms with Crippen LogP contribution in [0.2, 0.25) is 0 Å². The van der Waals surface area contributed by atoms with Gasteiger partial charge in [-0.3, -0.25) is 4.79 Å². The van der Waals surface area contributed by atoms with Crippen molar-refractivity contribution in [3.63, 3.8) is 0 Å². The molecule has 96 valence electrons. The van der Waals surface area contributed by atoms with Crippen molar-refractivity contribution in [2.45, 2.75) is 0 Å². The Hall–Kier alpha value is -2.34. The molecule has 0 unspecified atom stereocenters. The Kier molecular flexibility index (Phi) is 2.72. The summed E-state index contributed by atoms with van der Waals surface area (Å²) < 4.78 is 6.87. The van der Waals surface area contributed by atoms with Crippen LogP contribution in [0.1, 0.15) is 0 Å². The van der Waals surface area contributed by atoms with Crippen molar-refractivity contribution in [3.8, 4) is 21.9 Å². The van der Waals surface area contributed by atoms with E-state index in [1.165, 1.54) is 15.9 Å². The zero-order chi connectivity index (χ0) is 13.4. The summed E-state index contributed by atoms with van der Waals surface area (Å²) in [6, 6.07) is 7.04. The van der Waals surface area contributed by atoms with E-state index in [4.69, 9.17) is 10.2 Å². The van der Waals surface area contributed by atoms with Crippen molar-refractivity contribution in [1.29, 1.82) is 0 Å². The fraction of sp³-hybridized carbons (Fsp3) is 0.0769.